The Labute approximate surface area is 159 Å². The molecule has 0 aliphatic rings. The molecule has 126 valence electrons. The van der Waals surface area contributed by atoms with Gasteiger partial charge in [0.2, 0.25) is 0 Å². The fourth-order valence-electron chi connectivity index (χ4n) is 2.14. The molecule has 0 amide bonds. The lowest BCUT2D eigenvalue weighted by molar-refractivity contribution is 0.789. The van der Waals surface area contributed by atoms with Crippen LogP contribution >= 0.6 is 35.3 Å². The highest BCUT2D eigenvalue weighted by Gasteiger charge is 2.04. The number of halogens is 1. The quantitative estimate of drug-likeness (QED) is 0.421. The zero-order chi connectivity index (χ0) is 15.9. The zero-order valence-electron chi connectivity index (χ0n) is 14.1. The number of hydrogen-bond acceptors (Lipinski definition) is 3. The Morgan fingerprint density at radius 1 is 1.17 bits per heavy atom. The third kappa shape index (κ3) is 6.10. The van der Waals surface area contributed by atoms with Crippen molar-refractivity contribution in [3.05, 3.63) is 51.0 Å². The second-order valence-corrected chi connectivity index (χ2v) is 6.57. The van der Waals surface area contributed by atoms with Crippen LogP contribution in [0.5, 0.6) is 0 Å². The van der Waals surface area contributed by atoms with Crippen LogP contribution in [0.25, 0.3) is 0 Å². The van der Waals surface area contributed by atoms with Gasteiger partial charge in [0.15, 0.2) is 5.96 Å². The van der Waals surface area contributed by atoms with E-state index in [1.807, 2.05) is 0 Å². The van der Waals surface area contributed by atoms with E-state index in [1.54, 1.807) is 18.4 Å². The van der Waals surface area contributed by atoms with E-state index in [0.29, 0.717) is 0 Å². The number of nitrogens with zero attached hydrogens (tertiary/aromatic N) is 2. The zero-order valence-corrected chi connectivity index (χ0v) is 17.3. The summed E-state index contributed by atoms with van der Waals surface area (Å²) in [5.74, 6) is 0.827. The van der Waals surface area contributed by atoms with Crippen molar-refractivity contribution in [3.8, 4) is 0 Å². The Morgan fingerprint density at radius 3 is 2.52 bits per heavy atom. The first-order valence-corrected chi connectivity index (χ1v) is 8.33. The van der Waals surface area contributed by atoms with Crippen LogP contribution in [0.15, 0.2) is 29.3 Å². The topological polar surface area (TPSA) is 49.3 Å². The number of thiazole rings is 1. The molecule has 0 spiro atoms. The van der Waals surface area contributed by atoms with Gasteiger partial charge in [-0.2, -0.15) is 0 Å². The largest absolute Gasteiger partial charge is 0.356 e. The molecule has 1 aromatic carbocycles. The molecule has 6 heteroatoms. The minimum atomic E-state index is 0. The van der Waals surface area contributed by atoms with Gasteiger partial charge in [0.05, 0.1) is 10.7 Å². The van der Waals surface area contributed by atoms with Crippen LogP contribution in [0.2, 0.25) is 0 Å². The molecule has 4 nitrogen and oxygen atoms in total. The van der Waals surface area contributed by atoms with Crippen molar-refractivity contribution in [2.24, 2.45) is 4.99 Å². The van der Waals surface area contributed by atoms with Gasteiger partial charge in [-0.1, -0.05) is 24.3 Å². The number of aryl methyl sites for hydroxylation is 3. The average molecular weight is 444 g/mol. The molecule has 2 rings (SSSR count). The number of aliphatic imine (C=N–C) groups is 1. The average Bonchev–Trinajstić information content (AvgIpc) is 2.82. The van der Waals surface area contributed by atoms with Crippen molar-refractivity contribution < 1.29 is 0 Å². The molecule has 0 aliphatic heterocycles. The van der Waals surface area contributed by atoms with Crippen LogP contribution in [0, 0.1) is 20.8 Å². The van der Waals surface area contributed by atoms with Crippen molar-refractivity contribution in [2.45, 2.75) is 33.7 Å². The normalized spacial score (nSPS) is 11.0. The van der Waals surface area contributed by atoms with Gasteiger partial charge in [0.1, 0.15) is 0 Å². The van der Waals surface area contributed by atoms with Gasteiger partial charge in [-0.05, 0) is 31.9 Å². The fourth-order valence-corrected chi connectivity index (χ4v) is 3.08. The highest BCUT2D eigenvalue weighted by molar-refractivity contribution is 14.0. The van der Waals surface area contributed by atoms with E-state index in [1.165, 1.54) is 21.0 Å². The summed E-state index contributed by atoms with van der Waals surface area (Å²) in [6.07, 6.45) is 0.921. The van der Waals surface area contributed by atoms with E-state index in [2.05, 4.69) is 65.6 Å². The van der Waals surface area contributed by atoms with Gasteiger partial charge >= 0.3 is 0 Å². The van der Waals surface area contributed by atoms with Crippen molar-refractivity contribution in [1.82, 2.24) is 15.6 Å². The molecular formula is C17H25IN4S. The van der Waals surface area contributed by atoms with Gasteiger partial charge in [0, 0.05) is 31.4 Å². The van der Waals surface area contributed by atoms with Gasteiger partial charge in [-0.3, -0.25) is 4.99 Å². The fraction of sp³-hybridized carbons (Fsp3) is 0.412. The molecule has 1 heterocycles. The molecule has 1 aromatic heterocycles. The molecule has 0 fully saturated rings. The molecule has 0 unspecified atom stereocenters. The predicted molar refractivity (Wildman–Crippen MR) is 110 cm³/mol. The maximum Gasteiger partial charge on any atom is 0.191 e. The Hall–Kier alpha value is -1.15. The first-order valence-electron chi connectivity index (χ1n) is 7.52. The number of nitrogens with one attached hydrogen (secondary N) is 2. The van der Waals surface area contributed by atoms with Crippen molar-refractivity contribution >= 4 is 41.3 Å². The lowest BCUT2D eigenvalue weighted by Crippen LogP contribution is -2.38. The van der Waals surface area contributed by atoms with E-state index >= 15 is 0 Å². The Kier molecular flexibility index (Phi) is 8.54. The van der Waals surface area contributed by atoms with Crippen LogP contribution < -0.4 is 10.6 Å². The number of aromatic nitrogens is 1. The maximum atomic E-state index is 4.56. The Morgan fingerprint density at radius 2 is 1.91 bits per heavy atom. The smallest absolute Gasteiger partial charge is 0.191 e. The second-order valence-electron chi connectivity index (χ2n) is 5.28. The molecular weight excluding hydrogens is 419 g/mol. The minimum absolute atomic E-state index is 0. The van der Waals surface area contributed by atoms with Crippen molar-refractivity contribution in [2.75, 3.05) is 13.6 Å². The summed E-state index contributed by atoms with van der Waals surface area (Å²) in [5, 5.41) is 7.87. The monoisotopic (exact) mass is 444 g/mol. The summed E-state index contributed by atoms with van der Waals surface area (Å²) < 4.78 is 0. The summed E-state index contributed by atoms with van der Waals surface area (Å²) in [4.78, 5) is 10.1. The van der Waals surface area contributed by atoms with E-state index in [-0.39, 0.29) is 24.0 Å². The predicted octanol–water partition coefficient (Wildman–Crippen LogP) is 3.59. The third-order valence-corrected chi connectivity index (χ3v) is 4.77. The molecule has 0 saturated carbocycles. The first kappa shape index (κ1) is 19.9. The summed E-state index contributed by atoms with van der Waals surface area (Å²) >= 11 is 1.77. The van der Waals surface area contributed by atoms with Gasteiger partial charge < -0.3 is 10.6 Å². The van der Waals surface area contributed by atoms with Gasteiger partial charge in [-0.15, -0.1) is 35.3 Å². The number of rotatable bonds is 5. The molecule has 23 heavy (non-hydrogen) atoms. The highest BCUT2D eigenvalue weighted by Crippen LogP contribution is 2.16. The molecule has 0 aliphatic carbocycles. The molecule has 2 aromatic rings. The molecule has 0 radical (unpaired) electrons. The summed E-state index contributed by atoms with van der Waals surface area (Å²) in [6, 6.07) is 8.38. The Bertz CT molecular complexity index is 632. The number of benzene rings is 1. The highest BCUT2D eigenvalue weighted by atomic mass is 127. The van der Waals surface area contributed by atoms with Gasteiger partial charge in [-0.25, -0.2) is 4.98 Å². The Balaban J connectivity index is 0.00000264. The lowest BCUT2D eigenvalue weighted by atomic mass is 10.1. The van der Waals surface area contributed by atoms with E-state index in [0.717, 1.165) is 31.2 Å². The van der Waals surface area contributed by atoms with E-state index in [9.17, 15) is 0 Å². The first-order chi connectivity index (χ1) is 10.6. The maximum absolute atomic E-state index is 4.56. The SMILES string of the molecule is CN=C(NCCc1nc(C)c(C)s1)NCc1ccccc1C.I. The number of guanidine groups is 1. The number of hydrogen-bond donors (Lipinski definition) is 2. The lowest BCUT2D eigenvalue weighted by Gasteiger charge is -2.12. The van der Waals surface area contributed by atoms with Crippen LogP contribution in [0.3, 0.4) is 0 Å². The summed E-state index contributed by atoms with van der Waals surface area (Å²) in [7, 11) is 1.80. The van der Waals surface area contributed by atoms with Crippen LogP contribution in [-0.2, 0) is 13.0 Å². The standard InChI is InChI=1S/C17H24N4S.HI/c1-12-7-5-6-8-15(12)11-20-17(18-4)19-10-9-16-21-13(2)14(3)22-16;/h5-8H,9-11H2,1-4H3,(H2,18,19,20);1H. The van der Waals surface area contributed by atoms with Gasteiger partial charge in [0.25, 0.3) is 0 Å². The molecule has 0 saturated heterocycles. The minimum Gasteiger partial charge on any atom is -0.356 e. The second kappa shape index (κ2) is 9.87. The van der Waals surface area contributed by atoms with E-state index < -0.39 is 0 Å². The van der Waals surface area contributed by atoms with E-state index in [4.69, 9.17) is 0 Å². The van der Waals surface area contributed by atoms with Crippen LogP contribution in [0.1, 0.15) is 26.7 Å². The summed E-state index contributed by atoms with van der Waals surface area (Å²) in [5.41, 5.74) is 3.72. The molecule has 2 N–H and O–H groups in total. The third-order valence-electron chi connectivity index (χ3n) is 3.64. The van der Waals surface area contributed by atoms with Crippen molar-refractivity contribution in [3.63, 3.8) is 0 Å². The molecule has 0 bridgehead atoms. The van der Waals surface area contributed by atoms with Crippen LogP contribution in [0.4, 0.5) is 0 Å². The van der Waals surface area contributed by atoms with Crippen molar-refractivity contribution in [1.29, 1.82) is 0 Å². The summed E-state index contributed by atoms with van der Waals surface area (Å²) in [6.45, 7) is 7.92. The molecule has 0 atom stereocenters. The van der Waals surface area contributed by atoms with Crippen LogP contribution in [-0.4, -0.2) is 24.5 Å².